The molecule has 0 heterocycles. The fourth-order valence-electron chi connectivity index (χ4n) is 1.49. The summed E-state index contributed by atoms with van der Waals surface area (Å²) in [4.78, 5) is 11.8. The van der Waals surface area contributed by atoms with E-state index in [9.17, 15) is 9.90 Å². The fourth-order valence-corrected chi connectivity index (χ4v) is 1.49. The predicted molar refractivity (Wildman–Crippen MR) is 72.0 cm³/mol. The van der Waals surface area contributed by atoms with Gasteiger partial charge >= 0.3 is 0 Å². The Morgan fingerprint density at radius 3 is 2.61 bits per heavy atom. The lowest BCUT2D eigenvalue weighted by atomic mass is 10.0. The number of aliphatic hydroxyl groups is 1. The van der Waals surface area contributed by atoms with Crippen LogP contribution < -0.4 is 11.1 Å². The van der Waals surface area contributed by atoms with E-state index in [1.54, 1.807) is 6.92 Å². The van der Waals surface area contributed by atoms with Gasteiger partial charge in [-0.15, -0.1) is 0 Å². The van der Waals surface area contributed by atoms with Gasteiger partial charge in [-0.3, -0.25) is 4.79 Å². The van der Waals surface area contributed by atoms with Crippen LogP contribution >= 0.6 is 0 Å². The summed E-state index contributed by atoms with van der Waals surface area (Å²) in [6.45, 7) is 3.79. The molecule has 1 aromatic rings. The van der Waals surface area contributed by atoms with Crippen molar-refractivity contribution in [2.75, 3.05) is 6.54 Å². The second-order valence-electron chi connectivity index (χ2n) is 4.86. The number of nitrogens with one attached hydrogen (secondary N) is 1. The third kappa shape index (κ3) is 4.85. The highest BCUT2D eigenvalue weighted by Crippen LogP contribution is 2.06. The zero-order valence-electron chi connectivity index (χ0n) is 11.0. The SMILES string of the molecule is CCC(C)(O)CNC(=O)[C@@H](N)Cc1ccccc1. The predicted octanol–water partition coefficient (Wildman–Crippen LogP) is 0.834. The first-order chi connectivity index (χ1) is 8.44. The van der Waals surface area contributed by atoms with Crippen molar-refractivity contribution in [3.05, 3.63) is 35.9 Å². The standard InChI is InChI=1S/C14H22N2O2/c1-3-14(2,18)10-16-13(17)12(15)9-11-7-5-4-6-8-11/h4-8,12,18H,3,9-10,15H2,1-2H3,(H,16,17)/t12-,14?/m0/s1. The molecule has 18 heavy (non-hydrogen) atoms. The molecular weight excluding hydrogens is 228 g/mol. The second-order valence-corrected chi connectivity index (χ2v) is 4.86. The summed E-state index contributed by atoms with van der Waals surface area (Å²) in [5, 5.41) is 12.5. The summed E-state index contributed by atoms with van der Waals surface area (Å²) in [6, 6.07) is 9.06. The topological polar surface area (TPSA) is 75.3 Å². The van der Waals surface area contributed by atoms with Gasteiger partial charge in [-0.1, -0.05) is 37.3 Å². The molecule has 0 radical (unpaired) electrons. The van der Waals surface area contributed by atoms with E-state index in [2.05, 4.69) is 5.32 Å². The summed E-state index contributed by atoms with van der Waals surface area (Å²) in [7, 11) is 0. The molecule has 4 N–H and O–H groups in total. The zero-order chi connectivity index (χ0) is 13.6. The number of carbonyl (C=O) groups is 1. The van der Waals surface area contributed by atoms with Gasteiger partial charge in [-0.25, -0.2) is 0 Å². The van der Waals surface area contributed by atoms with Crippen molar-refractivity contribution in [1.29, 1.82) is 0 Å². The molecule has 1 amide bonds. The number of hydrogen-bond donors (Lipinski definition) is 3. The monoisotopic (exact) mass is 250 g/mol. The number of rotatable bonds is 6. The van der Waals surface area contributed by atoms with Crippen molar-refractivity contribution in [2.45, 2.75) is 38.3 Å². The third-order valence-corrected chi connectivity index (χ3v) is 3.04. The molecule has 0 aliphatic rings. The number of hydrogen-bond acceptors (Lipinski definition) is 3. The molecule has 4 heteroatoms. The highest BCUT2D eigenvalue weighted by Gasteiger charge is 2.20. The molecule has 100 valence electrons. The Bertz CT molecular complexity index is 377. The summed E-state index contributed by atoms with van der Waals surface area (Å²) in [6.07, 6.45) is 1.09. The molecule has 0 saturated carbocycles. The van der Waals surface area contributed by atoms with Crippen molar-refractivity contribution in [3.63, 3.8) is 0 Å². The first-order valence-electron chi connectivity index (χ1n) is 6.24. The number of nitrogens with two attached hydrogens (primary N) is 1. The van der Waals surface area contributed by atoms with Gasteiger partial charge in [0.15, 0.2) is 0 Å². The minimum atomic E-state index is -0.873. The van der Waals surface area contributed by atoms with Crippen LogP contribution in [0.4, 0.5) is 0 Å². The average molecular weight is 250 g/mol. The number of carbonyl (C=O) groups excluding carboxylic acids is 1. The minimum absolute atomic E-state index is 0.227. The Labute approximate surface area is 108 Å². The zero-order valence-corrected chi connectivity index (χ0v) is 11.0. The van der Waals surface area contributed by atoms with Gasteiger partial charge in [-0.05, 0) is 25.3 Å². The summed E-state index contributed by atoms with van der Waals surface area (Å²) >= 11 is 0. The van der Waals surface area contributed by atoms with Gasteiger partial charge in [0.25, 0.3) is 0 Å². The van der Waals surface area contributed by atoms with Gasteiger partial charge in [0.05, 0.1) is 11.6 Å². The van der Waals surface area contributed by atoms with Crippen LogP contribution in [-0.4, -0.2) is 29.2 Å². The van der Waals surface area contributed by atoms with Crippen LogP contribution in [0, 0.1) is 0 Å². The Morgan fingerprint density at radius 2 is 2.06 bits per heavy atom. The van der Waals surface area contributed by atoms with Gasteiger partial charge in [-0.2, -0.15) is 0 Å². The maximum Gasteiger partial charge on any atom is 0.237 e. The molecule has 4 nitrogen and oxygen atoms in total. The average Bonchev–Trinajstić information content (AvgIpc) is 2.37. The van der Waals surface area contributed by atoms with Crippen LogP contribution in [0.5, 0.6) is 0 Å². The van der Waals surface area contributed by atoms with Crippen molar-refractivity contribution in [1.82, 2.24) is 5.32 Å². The largest absolute Gasteiger partial charge is 0.388 e. The first kappa shape index (κ1) is 14.7. The van der Waals surface area contributed by atoms with Crippen molar-refractivity contribution in [2.24, 2.45) is 5.73 Å². The van der Waals surface area contributed by atoms with E-state index in [1.807, 2.05) is 37.3 Å². The van der Waals surface area contributed by atoms with Crippen molar-refractivity contribution in [3.8, 4) is 0 Å². The highest BCUT2D eigenvalue weighted by molar-refractivity contribution is 5.81. The van der Waals surface area contributed by atoms with Crippen LogP contribution in [0.2, 0.25) is 0 Å². The smallest absolute Gasteiger partial charge is 0.237 e. The lowest BCUT2D eigenvalue weighted by Gasteiger charge is -2.22. The quantitative estimate of drug-likeness (QED) is 0.700. The molecule has 1 unspecified atom stereocenters. The highest BCUT2D eigenvalue weighted by atomic mass is 16.3. The Morgan fingerprint density at radius 1 is 1.44 bits per heavy atom. The molecule has 1 aromatic carbocycles. The van der Waals surface area contributed by atoms with E-state index in [0.717, 1.165) is 5.56 Å². The van der Waals surface area contributed by atoms with E-state index in [-0.39, 0.29) is 12.5 Å². The van der Waals surface area contributed by atoms with Crippen LogP contribution in [0.15, 0.2) is 30.3 Å². The first-order valence-corrected chi connectivity index (χ1v) is 6.24. The molecule has 1 rings (SSSR count). The lowest BCUT2D eigenvalue weighted by molar-refractivity contribution is -0.123. The Kier molecular flexibility index (Phi) is 5.31. The van der Waals surface area contributed by atoms with Gasteiger partial charge in [0.2, 0.25) is 5.91 Å². The molecule has 0 aliphatic carbocycles. The normalized spacial score (nSPS) is 15.8. The molecule has 0 aliphatic heterocycles. The van der Waals surface area contributed by atoms with Gasteiger partial charge in [0, 0.05) is 6.54 Å². The molecule has 0 aromatic heterocycles. The van der Waals surface area contributed by atoms with E-state index in [4.69, 9.17) is 5.73 Å². The Hall–Kier alpha value is -1.39. The van der Waals surface area contributed by atoms with Gasteiger partial charge in [0.1, 0.15) is 0 Å². The maximum absolute atomic E-state index is 11.8. The lowest BCUT2D eigenvalue weighted by Crippen LogP contribution is -2.47. The van der Waals surface area contributed by atoms with Crippen LogP contribution in [0.3, 0.4) is 0 Å². The van der Waals surface area contributed by atoms with E-state index < -0.39 is 11.6 Å². The van der Waals surface area contributed by atoms with Crippen LogP contribution in [0.1, 0.15) is 25.8 Å². The van der Waals surface area contributed by atoms with Crippen molar-refractivity contribution >= 4 is 5.91 Å². The fraction of sp³-hybridized carbons (Fsp3) is 0.500. The molecule has 0 spiro atoms. The van der Waals surface area contributed by atoms with Crippen LogP contribution in [0.25, 0.3) is 0 Å². The molecule has 0 saturated heterocycles. The summed E-state index contributed by atoms with van der Waals surface area (Å²) < 4.78 is 0. The number of benzene rings is 1. The van der Waals surface area contributed by atoms with Gasteiger partial charge < -0.3 is 16.2 Å². The molecule has 0 fully saturated rings. The summed E-state index contributed by atoms with van der Waals surface area (Å²) in [5.74, 6) is -0.229. The van der Waals surface area contributed by atoms with E-state index in [1.165, 1.54) is 0 Å². The number of amides is 1. The maximum atomic E-state index is 11.8. The van der Waals surface area contributed by atoms with Crippen molar-refractivity contribution < 1.29 is 9.90 Å². The molecule has 2 atom stereocenters. The van der Waals surface area contributed by atoms with E-state index in [0.29, 0.717) is 12.8 Å². The minimum Gasteiger partial charge on any atom is -0.388 e. The third-order valence-electron chi connectivity index (χ3n) is 3.04. The van der Waals surface area contributed by atoms with Crippen LogP contribution in [-0.2, 0) is 11.2 Å². The van der Waals surface area contributed by atoms with E-state index >= 15 is 0 Å². The summed E-state index contributed by atoms with van der Waals surface area (Å²) in [5.41, 5.74) is 5.98. The molecular formula is C14H22N2O2. The Balaban J connectivity index is 2.43. The second kappa shape index (κ2) is 6.52. The molecule has 0 bridgehead atoms.